The molecular formula is C16H17BrN2O2. The van der Waals surface area contributed by atoms with Gasteiger partial charge in [-0.2, -0.15) is 5.10 Å². The second kappa shape index (κ2) is 5.66. The van der Waals surface area contributed by atoms with E-state index in [1.165, 1.54) is 0 Å². The molecule has 0 saturated carbocycles. The van der Waals surface area contributed by atoms with E-state index in [0.717, 1.165) is 38.9 Å². The maximum absolute atomic E-state index is 10.6. The first-order valence-corrected chi connectivity index (χ1v) is 7.77. The molecule has 1 N–H and O–H groups in total. The highest BCUT2D eigenvalue weighted by molar-refractivity contribution is 9.10. The lowest BCUT2D eigenvalue weighted by Gasteiger charge is -2.11. The number of nitrogens with zero attached hydrogens (tertiary/aromatic N) is 2. The van der Waals surface area contributed by atoms with E-state index in [4.69, 9.17) is 4.42 Å². The number of aryl methyl sites for hydroxylation is 2. The topological polar surface area (TPSA) is 51.2 Å². The smallest absolute Gasteiger partial charge is 0.134 e. The molecule has 2 heterocycles. The molecule has 0 radical (unpaired) electrons. The van der Waals surface area contributed by atoms with Crippen LogP contribution in [0.4, 0.5) is 0 Å². The highest BCUT2D eigenvalue weighted by Crippen LogP contribution is 2.31. The Morgan fingerprint density at radius 1 is 1.38 bits per heavy atom. The van der Waals surface area contributed by atoms with E-state index in [9.17, 15) is 5.11 Å². The maximum atomic E-state index is 10.6. The second-order valence-corrected chi connectivity index (χ2v) is 5.86. The molecule has 0 aliphatic heterocycles. The third-order valence-corrected chi connectivity index (χ3v) is 4.74. The lowest BCUT2D eigenvalue weighted by atomic mass is 10.0. The van der Waals surface area contributed by atoms with Crippen LogP contribution in [0.5, 0.6) is 0 Å². The minimum absolute atomic E-state index is 0.499. The highest BCUT2D eigenvalue weighted by atomic mass is 79.9. The Hall–Kier alpha value is -1.59. The molecule has 0 amide bonds. The Balaban J connectivity index is 1.95. The zero-order valence-corrected chi connectivity index (χ0v) is 13.6. The van der Waals surface area contributed by atoms with Crippen LogP contribution in [0.15, 0.2) is 39.4 Å². The van der Waals surface area contributed by atoms with E-state index in [1.54, 1.807) is 6.26 Å². The number of hydrogen-bond donors (Lipinski definition) is 1. The molecule has 0 aliphatic rings. The van der Waals surface area contributed by atoms with Crippen LogP contribution in [0.25, 0.3) is 11.0 Å². The van der Waals surface area contributed by atoms with Crippen molar-refractivity contribution in [1.82, 2.24) is 9.78 Å². The molecule has 3 rings (SSSR count). The molecule has 1 unspecified atom stereocenters. The van der Waals surface area contributed by atoms with Crippen LogP contribution in [0.3, 0.4) is 0 Å². The van der Waals surface area contributed by atoms with Crippen molar-refractivity contribution in [2.75, 3.05) is 0 Å². The molecule has 1 atom stereocenters. The van der Waals surface area contributed by atoms with Gasteiger partial charge in [-0.3, -0.25) is 4.68 Å². The number of hydrogen-bond acceptors (Lipinski definition) is 3. The summed E-state index contributed by atoms with van der Waals surface area (Å²) >= 11 is 3.57. The van der Waals surface area contributed by atoms with Gasteiger partial charge in [0.1, 0.15) is 5.58 Å². The predicted octanol–water partition coefficient (Wildman–Crippen LogP) is 4.00. The van der Waals surface area contributed by atoms with E-state index in [0.29, 0.717) is 6.42 Å². The maximum Gasteiger partial charge on any atom is 0.134 e. The molecule has 1 aromatic carbocycles. The zero-order chi connectivity index (χ0) is 15.0. The first-order chi connectivity index (χ1) is 10.1. The summed E-state index contributed by atoms with van der Waals surface area (Å²) in [6.07, 6.45) is 1.52. The van der Waals surface area contributed by atoms with Gasteiger partial charge >= 0.3 is 0 Å². The van der Waals surface area contributed by atoms with Gasteiger partial charge in [0.15, 0.2) is 0 Å². The first-order valence-electron chi connectivity index (χ1n) is 6.97. The summed E-state index contributed by atoms with van der Waals surface area (Å²) < 4.78 is 8.40. The monoisotopic (exact) mass is 348 g/mol. The summed E-state index contributed by atoms with van der Waals surface area (Å²) in [6, 6.07) is 7.75. The number of furan rings is 1. The SMILES string of the molecule is CCn1nc(C)c(Br)c1CC(O)c1coc2ccccc12. The molecule has 110 valence electrons. The Kier molecular flexibility index (Phi) is 3.87. The number of halogens is 1. The number of aliphatic hydroxyl groups is 1. The van der Waals surface area contributed by atoms with Gasteiger partial charge in [0.05, 0.1) is 28.2 Å². The van der Waals surface area contributed by atoms with Crippen LogP contribution in [0.1, 0.15) is 30.0 Å². The molecule has 0 fully saturated rings. The minimum atomic E-state index is -0.619. The minimum Gasteiger partial charge on any atom is -0.464 e. The Bertz CT molecular complexity index is 776. The Morgan fingerprint density at radius 2 is 2.14 bits per heavy atom. The summed E-state index contributed by atoms with van der Waals surface area (Å²) in [5, 5.41) is 16.0. The third-order valence-electron chi connectivity index (χ3n) is 3.71. The Labute approximate surface area is 131 Å². The van der Waals surface area contributed by atoms with Crippen molar-refractivity contribution >= 4 is 26.9 Å². The van der Waals surface area contributed by atoms with Crippen LogP contribution in [0, 0.1) is 6.92 Å². The number of para-hydroxylation sites is 1. The number of aromatic nitrogens is 2. The molecule has 4 nitrogen and oxygen atoms in total. The molecule has 0 bridgehead atoms. The summed E-state index contributed by atoms with van der Waals surface area (Å²) in [6.45, 7) is 4.78. The van der Waals surface area contributed by atoms with Crippen LogP contribution in [0.2, 0.25) is 0 Å². The number of rotatable bonds is 4. The third kappa shape index (κ3) is 2.51. The number of benzene rings is 1. The molecule has 0 saturated heterocycles. The lowest BCUT2D eigenvalue weighted by molar-refractivity contribution is 0.175. The van der Waals surface area contributed by atoms with Crippen LogP contribution in [-0.2, 0) is 13.0 Å². The van der Waals surface area contributed by atoms with Crippen molar-refractivity contribution in [3.05, 3.63) is 52.0 Å². The standard InChI is InChI=1S/C16H17BrN2O2/c1-3-19-13(16(17)10(2)18-19)8-14(20)12-9-21-15-7-5-4-6-11(12)15/h4-7,9,14,20H,3,8H2,1-2H3. The van der Waals surface area contributed by atoms with Crippen LogP contribution >= 0.6 is 15.9 Å². The number of fused-ring (bicyclic) bond motifs is 1. The van der Waals surface area contributed by atoms with Gasteiger partial charge in [-0.05, 0) is 35.8 Å². The van der Waals surface area contributed by atoms with Crippen molar-refractivity contribution in [3.63, 3.8) is 0 Å². The molecular weight excluding hydrogens is 332 g/mol. The van der Waals surface area contributed by atoms with Gasteiger partial charge in [0.25, 0.3) is 0 Å². The fourth-order valence-electron chi connectivity index (χ4n) is 2.61. The summed E-state index contributed by atoms with van der Waals surface area (Å²) in [5.41, 5.74) is 3.56. The van der Waals surface area contributed by atoms with E-state index in [2.05, 4.69) is 21.0 Å². The largest absolute Gasteiger partial charge is 0.464 e. The van der Waals surface area contributed by atoms with Crippen LogP contribution in [-0.4, -0.2) is 14.9 Å². The molecule has 2 aromatic heterocycles. The van der Waals surface area contributed by atoms with Gasteiger partial charge in [0.2, 0.25) is 0 Å². The van der Waals surface area contributed by atoms with E-state index < -0.39 is 6.10 Å². The molecule has 3 aromatic rings. The molecule has 21 heavy (non-hydrogen) atoms. The normalized spacial score (nSPS) is 13.0. The lowest BCUT2D eigenvalue weighted by Crippen LogP contribution is -2.08. The second-order valence-electron chi connectivity index (χ2n) is 5.07. The van der Waals surface area contributed by atoms with Crippen molar-refractivity contribution in [3.8, 4) is 0 Å². The average Bonchev–Trinajstić information content (AvgIpc) is 3.03. The van der Waals surface area contributed by atoms with E-state index in [1.807, 2.05) is 42.8 Å². The molecule has 5 heteroatoms. The van der Waals surface area contributed by atoms with Crippen molar-refractivity contribution < 1.29 is 9.52 Å². The van der Waals surface area contributed by atoms with Gasteiger partial charge < -0.3 is 9.52 Å². The summed E-state index contributed by atoms with van der Waals surface area (Å²) in [7, 11) is 0. The van der Waals surface area contributed by atoms with Crippen molar-refractivity contribution in [2.24, 2.45) is 0 Å². The van der Waals surface area contributed by atoms with Gasteiger partial charge in [-0.25, -0.2) is 0 Å². The van der Waals surface area contributed by atoms with Crippen molar-refractivity contribution in [2.45, 2.75) is 32.9 Å². The van der Waals surface area contributed by atoms with Crippen molar-refractivity contribution in [1.29, 1.82) is 0 Å². The zero-order valence-electron chi connectivity index (χ0n) is 12.0. The fraction of sp³-hybridized carbons (Fsp3) is 0.312. The van der Waals surface area contributed by atoms with Gasteiger partial charge in [-0.1, -0.05) is 18.2 Å². The number of aliphatic hydroxyl groups excluding tert-OH is 1. The van der Waals surface area contributed by atoms with E-state index >= 15 is 0 Å². The summed E-state index contributed by atoms with van der Waals surface area (Å²) in [5.74, 6) is 0. The molecule has 0 aliphatic carbocycles. The van der Waals surface area contributed by atoms with Gasteiger partial charge in [-0.15, -0.1) is 0 Å². The highest BCUT2D eigenvalue weighted by Gasteiger charge is 2.20. The Morgan fingerprint density at radius 3 is 2.90 bits per heavy atom. The molecule has 0 spiro atoms. The fourth-order valence-corrected chi connectivity index (χ4v) is 3.06. The average molecular weight is 349 g/mol. The van der Waals surface area contributed by atoms with Gasteiger partial charge in [0, 0.05) is 23.9 Å². The quantitative estimate of drug-likeness (QED) is 0.775. The summed E-state index contributed by atoms with van der Waals surface area (Å²) in [4.78, 5) is 0. The van der Waals surface area contributed by atoms with Crippen LogP contribution < -0.4 is 0 Å². The first kappa shape index (κ1) is 14.4. The van der Waals surface area contributed by atoms with E-state index in [-0.39, 0.29) is 0 Å². The predicted molar refractivity (Wildman–Crippen MR) is 85.2 cm³/mol.